The van der Waals surface area contributed by atoms with Gasteiger partial charge in [0.1, 0.15) is 0 Å². The molecule has 0 bridgehead atoms. The molecular weight excluding hydrogens is 306 g/mol. The number of aryl methyl sites for hydroxylation is 2. The van der Waals surface area contributed by atoms with Crippen LogP contribution in [0.4, 0.5) is 0 Å². The zero-order valence-corrected chi connectivity index (χ0v) is 14.0. The fourth-order valence-corrected chi connectivity index (χ4v) is 3.23. The molecule has 7 nitrogen and oxygen atoms in total. The zero-order valence-electron chi connectivity index (χ0n) is 14.0. The Bertz CT molecular complexity index is 700. The molecule has 3 rings (SSSR count). The normalized spacial score (nSPS) is 21.1. The minimum Gasteiger partial charge on any atom is -0.396 e. The lowest BCUT2D eigenvalue weighted by molar-refractivity contribution is 0.0920. The van der Waals surface area contributed by atoms with Gasteiger partial charge in [-0.25, -0.2) is 0 Å². The number of hydrogen-bond acceptors (Lipinski definition) is 5. The Labute approximate surface area is 141 Å². The van der Waals surface area contributed by atoms with Gasteiger partial charge in [0.2, 0.25) is 0 Å². The van der Waals surface area contributed by atoms with E-state index in [0.717, 1.165) is 24.5 Å². The van der Waals surface area contributed by atoms with Gasteiger partial charge >= 0.3 is 0 Å². The summed E-state index contributed by atoms with van der Waals surface area (Å²) in [6.45, 7) is 4.24. The van der Waals surface area contributed by atoms with Gasteiger partial charge < -0.3 is 10.4 Å². The lowest BCUT2D eigenvalue weighted by Crippen LogP contribution is -2.41. The van der Waals surface area contributed by atoms with E-state index in [1.54, 1.807) is 24.5 Å². The van der Waals surface area contributed by atoms with Crippen LogP contribution in [0.1, 0.15) is 21.7 Å². The third-order valence-corrected chi connectivity index (χ3v) is 4.48. The lowest BCUT2D eigenvalue weighted by Gasteiger charge is -2.18. The molecule has 0 saturated carbocycles. The van der Waals surface area contributed by atoms with E-state index in [2.05, 4.69) is 26.4 Å². The molecule has 1 saturated heterocycles. The molecule has 24 heavy (non-hydrogen) atoms. The van der Waals surface area contributed by atoms with Crippen molar-refractivity contribution in [2.24, 2.45) is 13.0 Å². The highest BCUT2D eigenvalue weighted by Gasteiger charge is 2.33. The second kappa shape index (κ2) is 7.11. The molecule has 0 radical (unpaired) electrons. The molecular formula is C17H23N5O2. The Morgan fingerprint density at radius 2 is 2.29 bits per heavy atom. The quantitative estimate of drug-likeness (QED) is 0.827. The first-order valence-electron chi connectivity index (χ1n) is 8.10. The van der Waals surface area contributed by atoms with Gasteiger partial charge in [-0.2, -0.15) is 5.10 Å². The summed E-state index contributed by atoms with van der Waals surface area (Å²) >= 11 is 0. The van der Waals surface area contributed by atoms with Crippen LogP contribution in [0.25, 0.3) is 0 Å². The van der Waals surface area contributed by atoms with Crippen LogP contribution >= 0.6 is 0 Å². The van der Waals surface area contributed by atoms with E-state index in [4.69, 9.17) is 0 Å². The second-order valence-electron chi connectivity index (χ2n) is 6.36. The second-order valence-corrected chi connectivity index (χ2v) is 6.36. The zero-order chi connectivity index (χ0) is 17.1. The van der Waals surface area contributed by atoms with Crippen molar-refractivity contribution in [3.63, 3.8) is 0 Å². The minimum absolute atomic E-state index is 0.0277. The maximum absolute atomic E-state index is 12.3. The molecule has 0 unspecified atom stereocenters. The van der Waals surface area contributed by atoms with Crippen molar-refractivity contribution in [2.45, 2.75) is 19.5 Å². The third kappa shape index (κ3) is 3.63. The number of aliphatic hydroxyl groups excluding tert-OH is 1. The summed E-state index contributed by atoms with van der Waals surface area (Å²) in [5.41, 5.74) is 2.66. The van der Waals surface area contributed by atoms with Gasteiger partial charge in [-0.1, -0.05) is 0 Å². The molecule has 3 heterocycles. The predicted octanol–water partition coefficient (Wildman–Crippen LogP) is 0.346. The number of nitrogens with one attached hydrogen (secondary N) is 1. The van der Waals surface area contributed by atoms with Crippen LogP contribution < -0.4 is 5.32 Å². The van der Waals surface area contributed by atoms with E-state index in [1.807, 2.05) is 18.7 Å². The van der Waals surface area contributed by atoms with Crippen molar-refractivity contribution in [3.8, 4) is 0 Å². The van der Waals surface area contributed by atoms with Gasteiger partial charge in [0.25, 0.3) is 5.91 Å². The Kier molecular flexibility index (Phi) is 4.92. The molecule has 2 aromatic rings. The summed E-state index contributed by atoms with van der Waals surface area (Å²) in [7, 11) is 1.93. The Balaban J connectivity index is 1.64. The van der Waals surface area contributed by atoms with Crippen LogP contribution in [-0.4, -0.2) is 56.4 Å². The average Bonchev–Trinajstić information content (AvgIpc) is 3.10. The highest BCUT2D eigenvalue weighted by Crippen LogP contribution is 2.20. The van der Waals surface area contributed by atoms with Crippen molar-refractivity contribution >= 4 is 5.91 Å². The fourth-order valence-electron chi connectivity index (χ4n) is 3.23. The van der Waals surface area contributed by atoms with Crippen LogP contribution in [0.2, 0.25) is 0 Å². The standard InChI is InChI=1S/C17H23N5O2/c1-12-6-15(21(2)20-12)9-22-8-14(11-23)16(10-22)19-17(24)13-4-3-5-18-7-13/h3-7,14,16,23H,8-11H2,1-2H3,(H,19,24)/t14-,16+/m0/s1. The lowest BCUT2D eigenvalue weighted by atomic mass is 10.0. The molecule has 0 spiro atoms. The molecule has 2 N–H and O–H groups in total. The third-order valence-electron chi connectivity index (χ3n) is 4.48. The van der Waals surface area contributed by atoms with E-state index in [-0.39, 0.29) is 24.5 Å². The summed E-state index contributed by atoms with van der Waals surface area (Å²) in [6.07, 6.45) is 3.19. The van der Waals surface area contributed by atoms with Crippen molar-refractivity contribution in [3.05, 3.63) is 47.5 Å². The Morgan fingerprint density at radius 1 is 1.46 bits per heavy atom. The molecule has 2 aromatic heterocycles. The smallest absolute Gasteiger partial charge is 0.253 e. The van der Waals surface area contributed by atoms with Crippen LogP contribution in [-0.2, 0) is 13.6 Å². The molecule has 1 aliphatic rings. The van der Waals surface area contributed by atoms with Crippen molar-refractivity contribution in [1.29, 1.82) is 0 Å². The van der Waals surface area contributed by atoms with E-state index in [9.17, 15) is 9.90 Å². The van der Waals surface area contributed by atoms with Crippen molar-refractivity contribution in [1.82, 2.24) is 25.0 Å². The number of carbonyl (C=O) groups excluding carboxylic acids is 1. The van der Waals surface area contributed by atoms with Gasteiger partial charge in [0.05, 0.1) is 17.0 Å². The van der Waals surface area contributed by atoms with Gasteiger partial charge in [-0.3, -0.25) is 19.4 Å². The predicted molar refractivity (Wildman–Crippen MR) is 89.3 cm³/mol. The molecule has 1 fully saturated rings. The molecule has 0 aliphatic carbocycles. The van der Waals surface area contributed by atoms with Gasteiger partial charge in [-0.15, -0.1) is 0 Å². The monoisotopic (exact) mass is 329 g/mol. The summed E-state index contributed by atoms with van der Waals surface area (Å²) < 4.78 is 1.88. The topological polar surface area (TPSA) is 83.3 Å². The van der Waals surface area contributed by atoms with Gasteiger partial charge in [-0.05, 0) is 25.1 Å². The molecule has 1 amide bonds. The highest BCUT2D eigenvalue weighted by molar-refractivity contribution is 5.94. The van der Waals surface area contributed by atoms with E-state index < -0.39 is 0 Å². The maximum Gasteiger partial charge on any atom is 0.253 e. The molecule has 0 aromatic carbocycles. The number of aromatic nitrogens is 3. The minimum atomic E-state index is -0.148. The summed E-state index contributed by atoms with van der Waals surface area (Å²) in [4.78, 5) is 18.5. The first-order chi connectivity index (χ1) is 11.6. The maximum atomic E-state index is 12.3. The highest BCUT2D eigenvalue weighted by atomic mass is 16.3. The number of aliphatic hydroxyl groups is 1. The Morgan fingerprint density at radius 3 is 2.92 bits per heavy atom. The van der Waals surface area contributed by atoms with E-state index >= 15 is 0 Å². The number of likely N-dealkylation sites (tertiary alicyclic amines) is 1. The van der Waals surface area contributed by atoms with Crippen LogP contribution in [0.15, 0.2) is 30.6 Å². The van der Waals surface area contributed by atoms with Crippen molar-refractivity contribution < 1.29 is 9.90 Å². The Hall–Kier alpha value is -2.25. The first kappa shape index (κ1) is 16.6. The number of hydrogen-bond donors (Lipinski definition) is 2. The van der Waals surface area contributed by atoms with Gasteiger partial charge in [0.15, 0.2) is 0 Å². The summed E-state index contributed by atoms with van der Waals surface area (Å²) in [5, 5.41) is 17.0. The molecule has 128 valence electrons. The SMILES string of the molecule is Cc1cc(CN2C[C@@H](CO)[C@H](NC(=O)c3cccnc3)C2)n(C)n1. The van der Waals surface area contributed by atoms with Crippen LogP contribution in [0, 0.1) is 12.8 Å². The molecule has 7 heteroatoms. The van der Waals surface area contributed by atoms with Crippen LogP contribution in [0.3, 0.4) is 0 Å². The molecule has 2 atom stereocenters. The number of rotatable bonds is 5. The average molecular weight is 329 g/mol. The van der Waals surface area contributed by atoms with Gasteiger partial charge in [0, 0.05) is 57.6 Å². The largest absolute Gasteiger partial charge is 0.396 e. The fraction of sp³-hybridized carbons (Fsp3) is 0.471. The first-order valence-corrected chi connectivity index (χ1v) is 8.10. The van der Waals surface area contributed by atoms with E-state index in [0.29, 0.717) is 12.1 Å². The van der Waals surface area contributed by atoms with Crippen molar-refractivity contribution in [2.75, 3.05) is 19.7 Å². The summed E-state index contributed by atoms with van der Waals surface area (Å²) in [5.74, 6) is -0.121. The number of nitrogens with zero attached hydrogens (tertiary/aromatic N) is 4. The number of amides is 1. The molecule has 1 aliphatic heterocycles. The van der Waals surface area contributed by atoms with E-state index in [1.165, 1.54) is 0 Å². The number of pyridine rings is 1. The number of carbonyl (C=O) groups is 1. The summed E-state index contributed by atoms with van der Waals surface area (Å²) in [6, 6.07) is 5.47. The van der Waals surface area contributed by atoms with Crippen LogP contribution in [0.5, 0.6) is 0 Å².